The lowest BCUT2D eigenvalue weighted by Gasteiger charge is -2.07. The van der Waals surface area contributed by atoms with Crippen molar-refractivity contribution < 1.29 is 31.9 Å². The number of hydrogen-bond donors (Lipinski definition) is 2. The van der Waals surface area contributed by atoms with Crippen LogP contribution < -0.4 is 4.72 Å². The van der Waals surface area contributed by atoms with Crippen LogP contribution in [0.15, 0.2) is 29.2 Å². The van der Waals surface area contributed by atoms with Gasteiger partial charge in [0.2, 0.25) is 15.8 Å². The average Bonchev–Trinajstić information content (AvgIpc) is 2.92. The normalized spacial score (nSPS) is 11.3. The number of H-pyrrole nitrogens is 1. The zero-order valence-electron chi connectivity index (χ0n) is 15.5. The molecule has 8 nitrogen and oxygen atoms in total. The van der Waals surface area contributed by atoms with Gasteiger partial charge < -0.3 is 9.72 Å². The van der Waals surface area contributed by atoms with Crippen LogP contribution in [0.25, 0.3) is 0 Å². The molecule has 0 radical (unpaired) electrons. The highest BCUT2D eigenvalue weighted by Crippen LogP contribution is 2.19. The van der Waals surface area contributed by atoms with E-state index >= 15 is 0 Å². The Kier molecular flexibility index (Phi) is 6.47. The third-order valence-electron chi connectivity index (χ3n) is 3.95. The van der Waals surface area contributed by atoms with Crippen molar-refractivity contribution in [3.05, 3.63) is 52.6 Å². The Hall–Kier alpha value is -2.85. The van der Waals surface area contributed by atoms with Gasteiger partial charge in [0.25, 0.3) is 0 Å². The van der Waals surface area contributed by atoms with Gasteiger partial charge in [-0.15, -0.1) is 0 Å². The lowest BCUT2D eigenvalue weighted by molar-refractivity contribution is -0.141. The van der Waals surface area contributed by atoms with Crippen molar-refractivity contribution >= 4 is 27.6 Å². The minimum atomic E-state index is -4.11. The number of benzene rings is 1. The maximum absolute atomic E-state index is 13.1. The molecule has 0 saturated heterocycles. The summed E-state index contributed by atoms with van der Waals surface area (Å²) in [6.07, 6.45) is 0. The van der Waals surface area contributed by atoms with Gasteiger partial charge >= 0.3 is 5.97 Å². The van der Waals surface area contributed by atoms with Gasteiger partial charge in [0.05, 0.1) is 10.6 Å². The summed E-state index contributed by atoms with van der Waals surface area (Å²) >= 11 is 0. The van der Waals surface area contributed by atoms with Crippen molar-refractivity contribution in [2.24, 2.45) is 0 Å². The molecule has 2 rings (SSSR count). The van der Waals surface area contributed by atoms with E-state index in [0.29, 0.717) is 16.8 Å². The predicted molar refractivity (Wildman–Crippen MR) is 97.1 cm³/mol. The van der Waals surface area contributed by atoms with Crippen LogP contribution in [0.5, 0.6) is 0 Å². The summed E-state index contributed by atoms with van der Waals surface area (Å²) in [6, 6.07) is 4.28. The third-order valence-corrected chi connectivity index (χ3v) is 5.34. The summed E-state index contributed by atoms with van der Waals surface area (Å²) in [4.78, 5) is 38.0. The summed E-state index contributed by atoms with van der Waals surface area (Å²) in [7, 11) is -4.11. The van der Waals surface area contributed by atoms with Gasteiger partial charge in [-0.25, -0.2) is 12.8 Å². The first-order valence-corrected chi connectivity index (χ1v) is 9.65. The van der Waals surface area contributed by atoms with Gasteiger partial charge in [-0.05, 0) is 44.5 Å². The van der Waals surface area contributed by atoms with Gasteiger partial charge in [0, 0.05) is 11.3 Å². The highest BCUT2D eigenvalue weighted by molar-refractivity contribution is 7.89. The third kappa shape index (κ3) is 4.90. The van der Waals surface area contributed by atoms with E-state index in [1.807, 2.05) is 4.72 Å². The smallest absolute Gasteiger partial charge is 0.321 e. The fourth-order valence-corrected chi connectivity index (χ4v) is 3.70. The maximum Gasteiger partial charge on any atom is 0.321 e. The molecule has 10 heteroatoms. The maximum atomic E-state index is 13.1. The molecule has 0 saturated carbocycles. The molecule has 1 heterocycles. The van der Waals surface area contributed by atoms with E-state index in [9.17, 15) is 27.2 Å². The number of aromatic nitrogens is 1. The van der Waals surface area contributed by atoms with Crippen LogP contribution in [0.1, 0.15) is 39.0 Å². The molecule has 1 aromatic heterocycles. The number of nitrogens with one attached hydrogen (secondary N) is 2. The van der Waals surface area contributed by atoms with E-state index in [4.69, 9.17) is 4.74 Å². The molecule has 0 fully saturated rings. The quantitative estimate of drug-likeness (QED) is 0.504. The number of hydrogen-bond acceptors (Lipinski definition) is 6. The summed E-state index contributed by atoms with van der Waals surface area (Å²) in [6.45, 7) is 3.27. The highest BCUT2D eigenvalue weighted by Gasteiger charge is 2.21. The molecular weight excluding hydrogens is 391 g/mol. The van der Waals surface area contributed by atoms with Crippen molar-refractivity contribution in [2.45, 2.75) is 25.7 Å². The summed E-state index contributed by atoms with van der Waals surface area (Å²) in [5, 5.41) is 0. The molecule has 0 unspecified atom stereocenters. The Morgan fingerprint density at radius 1 is 1.21 bits per heavy atom. The Morgan fingerprint density at radius 2 is 1.89 bits per heavy atom. The molecule has 0 aliphatic heterocycles. The zero-order chi connectivity index (χ0) is 21.1. The average molecular weight is 410 g/mol. The molecule has 0 aliphatic rings. The van der Waals surface area contributed by atoms with E-state index in [1.165, 1.54) is 19.1 Å². The van der Waals surface area contributed by atoms with Crippen molar-refractivity contribution in [2.75, 3.05) is 13.2 Å². The van der Waals surface area contributed by atoms with E-state index in [0.717, 1.165) is 12.1 Å². The molecule has 0 bridgehead atoms. The van der Waals surface area contributed by atoms with Crippen LogP contribution in [-0.4, -0.2) is 44.1 Å². The number of aryl methyl sites for hydroxylation is 1. The largest absolute Gasteiger partial charge is 0.456 e. The van der Waals surface area contributed by atoms with E-state index in [-0.39, 0.29) is 16.4 Å². The van der Waals surface area contributed by atoms with Crippen LogP contribution in [0.4, 0.5) is 4.39 Å². The first kappa shape index (κ1) is 21.5. The molecule has 150 valence electrons. The Bertz CT molecular complexity index is 1040. The van der Waals surface area contributed by atoms with Gasteiger partial charge in [0.1, 0.15) is 12.4 Å². The number of carbonyl (C=O) groups is 3. The Morgan fingerprint density at radius 3 is 2.46 bits per heavy atom. The molecular formula is C18H19FN2O6S. The summed E-state index contributed by atoms with van der Waals surface area (Å²) < 4.78 is 43.9. The molecule has 1 aromatic carbocycles. The van der Waals surface area contributed by atoms with Crippen molar-refractivity contribution in [3.8, 4) is 0 Å². The SMILES string of the molecule is CC(=O)c1c(C)[nH]c(C(=O)COC(=O)CNS(=O)(=O)c2cccc(F)c2)c1C. The zero-order valence-corrected chi connectivity index (χ0v) is 16.3. The molecule has 0 aliphatic carbocycles. The molecule has 0 amide bonds. The van der Waals surface area contributed by atoms with Crippen molar-refractivity contribution in [1.82, 2.24) is 9.71 Å². The van der Waals surface area contributed by atoms with E-state index in [2.05, 4.69) is 4.98 Å². The molecule has 28 heavy (non-hydrogen) atoms. The fourth-order valence-electron chi connectivity index (χ4n) is 2.70. The Balaban J connectivity index is 1.95. The van der Waals surface area contributed by atoms with E-state index < -0.39 is 40.7 Å². The summed E-state index contributed by atoms with van der Waals surface area (Å²) in [5.74, 6) is -2.48. The number of esters is 1. The van der Waals surface area contributed by atoms with Crippen LogP contribution >= 0.6 is 0 Å². The van der Waals surface area contributed by atoms with Crippen molar-refractivity contribution in [3.63, 3.8) is 0 Å². The number of Topliss-reactive ketones (excluding diaryl/α,β-unsaturated/α-hetero) is 2. The lowest BCUT2D eigenvalue weighted by atomic mass is 10.1. The number of halogens is 1. The lowest BCUT2D eigenvalue weighted by Crippen LogP contribution is -2.31. The topological polar surface area (TPSA) is 122 Å². The number of rotatable bonds is 8. The second kappa shape index (κ2) is 8.44. The van der Waals surface area contributed by atoms with Crippen molar-refractivity contribution in [1.29, 1.82) is 0 Å². The monoisotopic (exact) mass is 410 g/mol. The number of aromatic amines is 1. The van der Waals surface area contributed by atoms with Crippen LogP contribution in [-0.2, 0) is 19.6 Å². The van der Waals surface area contributed by atoms with Gasteiger partial charge in [0.15, 0.2) is 12.4 Å². The van der Waals surface area contributed by atoms with Crippen LogP contribution in [0.3, 0.4) is 0 Å². The van der Waals surface area contributed by atoms with Gasteiger partial charge in [-0.3, -0.25) is 14.4 Å². The second-order valence-electron chi connectivity index (χ2n) is 6.05. The van der Waals surface area contributed by atoms with Crippen LogP contribution in [0, 0.1) is 19.7 Å². The molecule has 2 N–H and O–H groups in total. The first-order chi connectivity index (χ1) is 13.0. The first-order valence-electron chi connectivity index (χ1n) is 8.17. The minimum absolute atomic E-state index is 0.149. The second-order valence-corrected chi connectivity index (χ2v) is 7.81. The number of carbonyl (C=O) groups excluding carboxylic acids is 3. The van der Waals surface area contributed by atoms with Gasteiger partial charge in [-0.1, -0.05) is 6.07 Å². The van der Waals surface area contributed by atoms with E-state index in [1.54, 1.807) is 13.8 Å². The molecule has 0 spiro atoms. The van der Waals surface area contributed by atoms with Crippen LogP contribution in [0.2, 0.25) is 0 Å². The van der Waals surface area contributed by atoms with Gasteiger partial charge in [-0.2, -0.15) is 4.72 Å². The highest BCUT2D eigenvalue weighted by atomic mass is 32.2. The summed E-state index contributed by atoms with van der Waals surface area (Å²) in [5.41, 5.74) is 1.54. The minimum Gasteiger partial charge on any atom is -0.456 e. The predicted octanol–water partition coefficient (Wildman–Crippen LogP) is 1.68. The molecule has 0 atom stereocenters. The fraction of sp³-hybridized carbons (Fsp3) is 0.278. The molecule has 2 aromatic rings. The Labute approximate surface area is 161 Å². The number of ether oxygens (including phenoxy) is 1. The standard InChI is InChI=1S/C18H19FN2O6S/c1-10-17(12(3)22)11(2)21-18(10)15(23)9-27-16(24)8-20-28(25,26)14-6-4-5-13(19)7-14/h4-7,20-21H,8-9H2,1-3H3. The number of ketones is 2. The number of sulfonamides is 1.